The molecule has 24 heteroatoms. The lowest BCUT2D eigenvalue weighted by Gasteiger charge is -2.39. The summed E-state index contributed by atoms with van der Waals surface area (Å²) in [6.45, 7) is 0.00109. The molecule has 2 unspecified atom stereocenters. The molecule has 9 rings (SSSR count). The van der Waals surface area contributed by atoms with Crippen LogP contribution >= 0.6 is 18.9 Å². The molecule has 3 fully saturated rings. The normalized spacial score (nSPS) is 19.4. The molecule has 0 spiro atoms. The third kappa shape index (κ3) is 13.3. The van der Waals surface area contributed by atoms with E-state index in [1.807, 2.05) is 60.7 Å². The molecule has 5 atom stereocenters. The Kier molecular flexibility index (Phi) is 18.5. The summed E-state index contributed by atoms with van der Waals surface area (Å²) in [6, 6.07) is 22.1. The van der Waals surface area contributed by atoms with E-state index in [-0.39, 0.29) is 92.6 Å². The maximum absolute atomic E-state index is 15.1. The van der Waals surface area contributed by atoms with Gasteiger partial charge in [0.15, 0.2) is 0 Å². The number of imide groups is 1. The van der Waals surface area contributed by atoms with Crippen LogP contribution in [0.5, 0.6) is 0 Å². The van der Waals surface area contributed by atoms with Crippen molar-refractivity contribution in [1.82, 2.24) is 35.6 Å². The molecule has 0 bridgehead atoms. The lowest BCUT2D eigenvalue weighted by atomic mass is 9.96. The number of amides is 9. The van der Waals surface area contributed by atoms with E-state index in [0.29, 0.717) is 53.5 Å². The van der Waals surface area contributed by atoms with Gasteiger partial charge in [-0.3, -0.25) is 53.0 Å². The highest BCUT2D eigenvalue weighted by atomic mass is 32.1. The number of benzene rings is 4. The summed E-state index contributed by atoms with van der Waals surface area (Å²) >= 11 is 0.872. The smallest absolute Gasteiger partial charge is 0.370 e. The molecule has 4 aliphatic rings. The molecular formula is C60H63F2N8O12PS. The number of carbonyl (C=O) groups excluding carboxylic acids is 9. The third-order valence-electron chi connectivity index (χ3n) is 15.9. The Labute approximate surface area is 486 Å². The van der Waals surface area contributed by atoms with E-state index in [4.69, 9.17) is 5.73 Å². The van der Waals surface area contributed by atoms with Gasteiger partial charge in [0.1, 0.15) is 24.2 Å². The molecule has 4 aromatic carbocycles. The summed E-state index contributed by atoms with van der Waals surface area (Å²) < 4.78 is 41.5. The van der Waals surface area contributed by atoms with Gasteiger partial charge in [-0.05, 0) is 97.4 Å². The summed E-state index contributed by atoms with van der Waals surface area (Å²) in [5.41, 5.74) is 3.45. The van der Waals surface area contributed by atoms with Crippen LogP contribution in [0, 0.1) is 11.8 Å². The Hall–Kier alpha value is -8.16. The summed E-state index contributed by atoms with van der Waals surface area (Å²) in [5, 5.41) is 7.95. The number of unbranched alkanes of at least 4 members (excludes halogenated alkanes) is 3. The molecule has 0 aliphatic carbocycles. The average molecular weight is 1190 g/mol. The van der Waals surface area contributed by atoms with Crippen LogP contribution in [0.15, 0.2) is 103 Å². The van der Waals surface area contributed by atoms with Crippen molar-refractivity contribution in [3.63, 3.8) is 0 Å². The molecular weight excluding hydrogens is 1130 g/mol. The van der Waals surface area contributed by atoms with E-state index < -0.39 is 90.5 Å². The molecule has 20 nitrogen and oxygen atoms in total. The van der Waals surface area contributed by atoms with Crippen molar-refractivity contribution in [2.45, 2.75) is 126 Å². The van der Waals surface area contributed by atoms with E-state index in [1.165, 1.54) is 31.7 Å². The molecule has 7 N–H and O–H groups in total. The molecule has 1 aromatic heterocycles. The van der Waals surface area contributed by atoms with E-state index >= 15 is 4.79 Å². The van der Waals surface area contributed by atoms with Crippen LogP contribution in [0.2, 0.25) is 0 Å². The fourth-order valence-corrected chi connectivity index (χ4v) is 12.9. The number of nitrogens with zero attached hydrogens (tertiary/aromatic N) is 4. The summed E-state index contributed by atoms with van der Waals surface area (Å²) in [5.74, 6) is 1.38. The fourth-order valence-electron chi connectivity index (χ4n) is 11.5. The quantitative estimate of drug-likeness (QED) is 0.0256. The number of hydrogen-bond donors (Lipinski definition) is 6. The number of primary amides is 1. The first-order valence-corrected chi connectivity index (χ1v) is 30.1. The topological polar surface area (TPSA) is 286 Å². The highest BCUT2D eigenvalue weighted by Gasteiger charge is 2.51. The molecule has 84 heavy (non-hydrogen) atoms. The summed E-state index contributed by atoms with van der Waals surface area (Å²) in [6.07, 6.45) is 2.88. The van der Waals surface area contributed by atoms with Gasteiger partial charge in [0.2, 0.25) is 41.4 Å². The fraction of sp³-hybridized carbons (Fsp3) is 0.383. The van der Waals surface area contributed by atoms with Crippen LogP contribution in [0.1, 0.15) is 131 Å². The summed E-state index contributed by atoms with van der Waals surface area (Å²) in [4.78, 5) is 147. The number of rotatable bonds is 19. The number of nitrogens with one attached hydrogen (secondary N) is 3. The van der Waals surface area contributed by atoms with Crippen molar-refractivity contribution in [3.8, 4) is 11.8 Å². The second-order valence-electron chi connectivity index (χ2n) is 21.4. The van der Waals surface area contributed by atoms with Crippen molar-refractivity contribution in [1.29, 1.82) is 0 Å². The maximum Gasteiger partial charge on any atom is 0.399 e. The number of thiophene rings is 1. The number of nitrogens with two attached hydrogens (primary N) is 1. The van der Waals surface area contributed by atoms with Crippen LogP contribution < -0.4 is 21.7 Å². The molecule has 0 saturated carbocycles. The number of hydrogen-bond acceptors (Lipinski definition) is 11. The molecule has 4 aliphatic heterocycles. The van der Waals surface area contributed by atoms with Gasteiger partial charge in [-0.15, -0.1) is 11.3 Å². The van der Waals surface area contributed by atoms with Crippen LogP contribution in [0.3, 0.4) is 0 Å². The minimum absolute atomic E-state index is 0.0479. The highest BCUT2D eigenvalue weighted by molar-refractivity contribution is 7.52. The van der Waals surface area contributed by atoms with Crippen molar-refractivity contribution in [2.75, 3.05) is 20.1 Å². The molecule has 0 radical (unpaired) electrons. The van der Waals surface area contributed by atoms with Gasteiger partial charge in [-0.2, -0.15) is 8.78 Å². The predicted molar refractivity (Wildman–Crippen MR) is 304 cm³/mol. The highest BCUT2D eigenvalue weighted by Crippen LogP contribution is 2.59. The second-order valence-corrected chi connectivity index (χ2v) is 24.2. The van der Waals surface area contributed by atoms with Crippen molar-refractivity contribution < 1.29 is 66.3 Å². The SMILES string of the molecule is CN(C(=O)C(CCC(N)=O)NC(=O)[C@@H]1CC[C@@H]2CCN(C(=O)CCCCCC#Cc3cccc4c3CN(C3CCC(=O)NC3=O)C4=O)C[C@H](NC(=O)c3cc4cc(C(F)(F)P(=O)(O)O)ccc4s3)C(=O)N21)C(c1ccccc1)c1ccccc1. The van der Waals surface area contributed by atoms with Crippen molar-refractivity contribution in [2.24, 2.45) is 5.73 Å². The Morgan fingerprint density at radius 3 is 2.27 bits per heavy atom. The number of likely N-dealkylation sites (N-methyl/N-ethyl adjacent to an activating group) is 1. The number of halogens is 2. The Morgan fingerprint density at radius 2 is 1.60 bits per heavy atom. The number of piperidine rings is 1. The first kappa shape index (κ1) is 60.4. The van der Waals surface area contributed by atoms with Gasteiger partial charge in [0.05, 0.1) is 10.9 Å². The van der Waals surface area contributed by atoms with Gasteiger partial charge in [-0.1, -0.05) is 91.1 Å². The van der Waals surface area contributed by atoms with Gasteiger partial charge < -0.3 is 45.8 Å². The standard InChI is InChI=1S/C60H63F2N8O12PS/c1-67(53(37-15-8-5-9-16-37)38-17-10-6-11-18-38)58(78)44(24-28-50(63)71)64-55(75)47-25-23-41-30-31-68(35-45(59(79)70(41)47)65-56(76)49-33-39-32-40(22-27-48(39)84-49)60(61,62)83(80,81)82)52(73)21-12-4-2-3-7-14-36-19-13-20-42-43(36)34-69(57(42)77)46-26-29-51(72)66-54(46)74/h5-6,8-11,13,15-20,22,27,32-33,41,44-47,53H,2-4,12,21,23-26,28-31,34-35H2,1H3,(H2,63,71)(H,64,75)(H,65,76)(H,66,72,74)(H2,80,81,82)/t41-,44?,45+,46?,47+/m1/s1. The van der Waals surface area contributed by atoms with Gasteiger partial charge >= 0.3 is 13.3 Å². The van der Waals surface area contributed by atoms with Crippen LogP contribution in [-0.4, -0.2) is 133 Å². The van der Waals surface area contributed by atoms with Crippen molar-refractivity contribution >= 4 is 82.2 Å². The Bertz CT molecular complexity index is 3480. The lowest BCUT2D eigenvalue weighted by molar-refractivity contribution is -0.146. The van der Waals surface area contributed by atoms with Crippen molar-refractivity contribution in [3.05, 3.63) is 141 Å². The second kappa shape index (κ2) is 25.8. The molecule has 9 amide bonds. The lowest BCUT2D eigenvalue weighted by Crippen LogP contribution is -2.62. The molecule has 5 aromatic rings. The number of carbonyl (C=O) groups is 9. The van der Waals surface area contributed by atoms with E-state index in [9.17, 15) is 61.5 Å². The zero-order valence-corrected chi connectivity index (χ0v) is 47.6. The zero-order chi connectivity index (χ0) is 60.0. The predicted octanol–water partition coefficient (Wildman–Crippen LogP) is 5.58. The minimum Gasteiger partial charge on any atom is -0.370 e. The third-order valence-corrected chi connectivity index (χ3v) is 18.0. The number of alkyl halides is 2. The van der Waals surface area contributed by atoms with Gasteiger partial charge in [0.25, 0.3) is 11.8 Å². The minimum atomic E-state index is -5.92. The Morgan fingerprint density at radius 1 is 0.881 bits per heavy atom. The zero-order valence-electron chi connectivity index (χ0n) is 45.8. The number of fused-ring (bicyclic) bond motifs is 3. The first-order valence-electron chi connectivity index (χ1n) is 27.7. The first-order chi connectivity index (χ1) is 40.1. The largest absolute Gasteiger partial charge is 0.399 e. The van der Waals surface area contributed by atoms with Crippen LogP contribution in [0.25, 0.3) is 10.1 Å². The van der Waals surface area contributed by atoms with Gasteiger partial charge in [0, 0.05) is 79.8 Å². The molecule has 3 saturated heterocycles. The monoisotopic (exact) mass is 1190 g/mol. The average Bonchev–Trinajstić information content (AvgIpc) is 2.65. The maximum atomic E-state index is 15.1. The van der Waals surface area contributed by atoms with E-state index in [1.54, 1.807) is 25.2 Å². The van der Waals surface area contributed by atoms with E-state index in [2.05, 4.69) is 27.8 Å². The Balaban J connectivity index is 0.896. The van der Waals surface area contributed by atoms with E-state index in [0.717, 1.165) is 34.6 Å². The van der Waals surface area contributed by atoms with Gasteiger partial charge in [-0.25, -0.2) is 0 Å². The van der Waals surface area contributed by atoms with Crippen LogP contribution in [0.4, 0.5) is 8.78 Å². The molecule has 440 valence electrons. The molecule has 5 heterocycles. The van der Waals surface area contributed by atoms with Crippen LogP contribution in [-0.2, 0) is 50.3 Å². The summed E-state index contributed by atoms with van der Waals surface area (Å²) in [7, 11) is -4.33.